The number of hydrogen-bond acceptors (Lipinski definition) is 2. The molecule has 14 heavy (non-hydrogen) atoms. The van der Waals surface area contributed by atoms with Crippen molar-refractivity contribution in [3.63, 3.8) is 0 Å². The van der Waals surface area contributed by atoms with Gasteiger partial charge in [-0.05, 0) is 25.1 Å². The van der Waals surface area contributed by atoms with Crippen molar-refractivity contribution in [2.24, 2.45) is 4.99 Å². The summed E-state index contributed by atoms with van der Waals surface area (Å²) in [7, 11) is 0. The average Bonchev–Trinajstić information content (AvgIpc) is 2.23. The van der Waals surface area contributed by atoms with E-state index in [9.17, 15) is 0 Å². The van der Waals surface area contributed by atoms with Gasteiger partial charge in [-0.1, -0.05) is 17.7 Å². The third kappa shape index (κ3) is 2.22. The number of nitrogens with zero attached hydrogens (tertiary/aromatic N) is 1. The molecule has 1 aliphatic heterocycles. The Morgan fingerprint density at radius 3 is 2.64 bits per heavy atom. The van der Waals surface area contributed by atoms with E-state index in [4.69, 9.17) is 4.74 Å². The molecular formula is C12H13NO. The van der Waals surface area contributed by atoms with E-state index in [1.54, 1.807) is 6.21 Å². The number of allylic oxidation sites excluding steroid dienone is 1. The van der Waals surface area contributed by atoms with Crippen LogP contribution in [0.4, 0.5) is 0 Å². The molecule has 0 radical (unpaired) electrons. The van der Waals surface area contributed by atoms with E-state index < -0.39 is 0 Å². The number of ether oxygens (including phenoxy) is 1. The summed E-state index contributed by atoms with van der Waals surface area (Å²) >= 11 is 0. The van der Waals surface area contributed by atoms with Gasteiger partial charge in [-0.2, -0.15) is 0 Å². The summed E-state index contributed by atoms with van der Waals surface area (Å²) < 4.78 is 5.68. The molecule has 0 spiro atoms. The topological polar surface area (TPSA) is 21.6 Å². The lowest BCUT2D eigenvalue weighted by molar-refractivity contribution is 0.405. The minimum atomic E-state index is 0.831. The fourth-order valence-electron chi connectivity index (χ4n) is 1.31. The fraction of sp³-hybridized carbons (Fsp3) is 0.250. The lowest BCUT2D eigenvalue weighted by Gasteiger charge is -2.10. The molecule has 0 saturated carbocycles. The van der Waals surface area contributed by atoms with E-state index in [1.165, 1.54) is 5.56 Å². The Balaban J connectivity index is 2.07. The highest BCUT2D eigenvalue weighted by Gasteiger charge is 2.02. The molecule has 0 fully saturated rings. The highest BCUT2D eigenvalue weighted by molar-refractivity contribution is 5.72. The monoisotopic (exact) mass is 187 g/mol. The molecule has 2 heteroatoms. The van der Waals surface area contributed by atoms with Crippen LogP contribution in [-0.4, -0.2) is 12.8 Å². The second-order valence-electron chi connectivity index (χ2n) is 3.35. The van der Waals surface area contributed by atoms with Gasteiger partial charge in [0.2, 0.25) is 0 Å². The van der Waals surface area contributed by atoms with Crippen LogP contribution in [0.15, 0.2) is 41.1 Å². The van der Waals surface area contributed by atoms with E-state index in [0.29, 0.717) is 0 Å². The standard InChI is InChI=1S/C12H13NO/c1-10-2-4-11(5-3-10)14-12-6-8-13-9-7-12/h2-6,8H,7,9H2,1H3. The Bertz CT molecular complexity index is 362. The molecule has 1 aromatic rings. The molecule has 2 rings (SSSR count). The van der Waals surface area contributed by atoms with Crippen molar-refractivity contribution in [2.45, 2.75) is 13.3 Å². The molecule has 0 atom stereocenters. The maximum absolute atomic E-state index is 5.68. The zero-order chi connectivity index (χ0) is 9.80. The zero-order valence-electron chi connectivity index (χ0n) is 8.23. The molecule has 0 unspecified atom stereocenters. The molecule has 1 aliphatic rings. The predicted octanol–water partition coefficient (Wildman–Crippen LogP) is 2.73. The van der Waals surface area contributed by atoms with Gasteiger partial charge in [0, 0.05) is 19.2 Å². The quantitative estimate of drug-likeness (QED) is 0.697. The molecule has 0 amide bonds. The molecule has 0 aromatic heterocycles. The van der Waals surface area contributed by atoms with Crippen molar-refractivity contribution < 1.29 is 4.74 Å². The van der Waals surface area contributed by atoms with Crippen molar-refractivity contribution in [1.29, 1.82) is 0 Å². The highest BCUT2D eigenvalue weighted by Crippen LogP contribution is 2.17. The van der Waals surface area contributed by atoms with Gasteiger partial charge in [-0.25, -0.2) is 0 Å². The predicted molar refractivity (Wildman–Crippen MR) is 57.9 cm³/mol. The van der Waals surface area contributed by atoms with E-state index in [-0.39, 0.29) is 0 Å². The molecule has 0 bridgehead atoms. The van der Waals surface area contributed by atoms with E-state index in [1.807, 2.05) is 30.3 Å². The Morgan fingerprint density at radius 2 is 2.00 bits per heavy atom. The Hall–Kier alpha value is -1.57. The van der Waals surface area contributed by atoms with E-state index in [2.05, 4.69) is 11.9 Å². The largest absolute Gasteiger partial charge is 0.462 e. The third-order valence-electron chi connectivity index (χ3n) is 2.12. The minimum Gasteiger partial charge on any atom is -0.462 e. The Kier molecular flexibility index (Phi) is 2.63. The van der Waals surface area contributed by atoms with Crippen LogP contribution < -0.4 is 4.74 Å². The molecule has 0 saturated heterocycles. The number of benzene rings is 1. The summed E-state index contributed by atoms with van der Waals surface area (Å²) in [6.07, 6.45) is 4.61. The first kappa shape index (κ1) is 9.00. The number of rotatable bonds is 2. The van der Waals surface area contributed by atoms with Crippen molar-refractivity contribution in [3.8, 4) is 5.75 Å². The SMILES string of the molecule is Cc1ccc(OC2=CC=NCC2)cc1. The van der Waals surface area contributed by atoms with Crippen LogP contribution in [0.2, 0.25) is 0 Å². The lowest BCUT2D eigenvalue weighted by atomic mass is 10.2. The molecule has 0 aliphatic carbocycles. The molecule has 1 aromatic carbocycles. The smallest absolute Gasteiger partial charge is 0.126 e. The van der Waals surface area contributed by atoms with Gasteiger partial charge in [0.15, 0.2) is 0 Å². The van der Waals surface area contributed by atoms with Crippen LogP contribution in [0, 0.1) is 6.92 Å². The summed E-state index contributed by atoms with van der Waals surface area (Å²) in [4.78, 5) is 4.10. The maximum Gasteiger partial charge on any atom is 0.126 e. The van der Waals surface area contributed by atoms with Gasteiger partial charge < -0.3 is 4.74 Å². The summed E-state index contributed by atoms with van der Waals surface area (Å²) in [6, 6.07) is 8.07. The van der Waals surface area contributed by atoms with Crippen molar-refractivity contribution in [2.75, 3.05) is 6.54 Å². The van der Waals surface area contributed by atoms with Crippen molar-refractivity contribution >= 4 is 6.21 Å². The van der Waals surface area contributed by atoms with Crippen molar-refractivity contribution in [1.82, 2.24) is 0 Å². The summed E-state index contributed by atoms with van der Waals surface area (Å²) in [5, 5.41) is 0. The second-order valence-corrected chi connectivity index (χ2v) is 3.35. The normalized spacial score (nSPS) is 15.1. The molecular weight excluding hydrogens is 174 g/mol. The second kappa shape index (κ2) is 4.09. The van der Waals surface area contributed by atoms with Crippen LogP contribution in [0.25, 0.3) is 0 Å². The van der Waals surface area contributed by atoms with Gasteiger partial charge in [-0.15, -0.1) is 0 Å². The lowest BCUT2D eigenvalue weighted by Crippen LogP contribution is -2.01. The Morgan fingerprint density at radius 1 is 1.21 bits per heavy atom. The van der Waals surface area contributed by atoms with E-state index in [0.717, 1.165) is 24.5 Å². The van der Waals surface area contributed by atoms with Crippen LogP contribution in [-0.2, 0) is 0 Å². The van der Waals surface area contributed by atoms with Gasteiger partial charge >= 0.3 is 0 Å². The number of aliphatic imine (C=N–C) groups is 1. The number of hydrogen-bond donors (Lipinski definition) is 0. The van der Waals surface area contributed by atoms with Crippen LogP contribution in [0.3, 0.4) is 0 Å². The average molecular weight is 187 g/mol. The summed E-state index contributed by atoms with van der Waals surface area (Å²) in [5.74, 6) is 1.89. The third-order valence-corrected chi connectivity index (χ3v) is 2.12. The van der Waals surface area contributed by atoms with Gasteiger partial charge in [-0.3, -0.25) is 4.99 Å². The first-order valence-corrected chi connectivity index (χ1v) is 4.78. The fourth-order valence-corrected chi connectivity index (χ4v) is 1.31. The highest BCUT2D eigenvalue weighted by atomic mass is 16.5. The van der Waals surface area contributed by atoms with Crippen molar-refractivity contribution in [3.05, 3.63) is 41.7 Å². The van der Waals surface area contributed by atoms with Crippen LogP contribution in [0.5, 0.6) is 5.75 Å². The summed E-state index contributed by atoms with van der Waals surface area (Å²) in [5.41, 5.74) is 1.25. The van der Waals surface area contributed by atoms with Gasteiger partial charge in [0.1, 0.15) is 11.5 Å². The summed E-state index contributed by atoms with van der Waals surface area (Å²) in [6.45, 7) is 2.90. The van der Waals surface area contributed by atoms with Crippen LogP contribution >= 0.6 is 0 Å². The zero-order valence-corrected chi connectivity index (χ0v) is 8.23. The molecule has 1 heterocycles. The Labute approximate surface area is 83.9 Å². The molecule has 2 nitrogen and oxygen atoms in total. The molecule has 72 valence electrons. The first-order valence-electron chi connectivity index (χ1n) is 4.78. The molecule has 0 N–H and O–H groups in total. The van der Waals surface area contributed by atoms with Crippen LogP contribution in [0.1, 0.15) is 12.0 Å². The minimum absolute atomic E-state index is 0.831. The first-order chi connectivity index (χ1) is 6.84. The number of aryl methyl sites for hydroxylation is 1. The van der Waals surface area contributed by atoms with Gasteiger partial charge in [0.05, 0.1) is 0 Å². The maximum atomic E-state index is 5.68. The number of dihydropyridines is 1. The van der Waals surface area contributed by atoms with Gasteiger partial charge in [0.25, 0.3) is 0 Å². The van der Waals surface area contributed by atoms with E-state index >= 15 is 0 Å².